The van der Waals surface area contributed by atoms with Gasteiger partial charge < -0.3 is 15.2 Å². The number of aliphatic hydroxyl groups excluding tert-OH is 1. The minimum absolute atomic E-state index is 0.0156. The van der Waals surface area contributed by atoms with Crippen LogP contribution in [0.3, 0.4) is 0 Å². The topological polar surface area (TPSA) is 95.9 Å². The fourth-order valence-electron chi connectivity index (χ4n) is 2.72. The molecule has 1 aromatic carbocycles. The number of amides is 3. The van der Waals surface area contributed by atoms with Gasteiger partial charge in [0.1, 0.15) is 5.75 Å². The third-order valence-electron chi connectivity index (χ3n) is 4.25. The number of ether oxygens (including phenoxy) is 1. The van der Waals surface area contributed by atoms with Gasteiger partial charge in [0.25, 0.3) is 11.1 Å². The fourth-order valence-corrected chi connectivity index (χ4v) is 4.75. The van der Waals surface area contributed by atoms with Crippen LogP contribution in [0.4, 0.5) is 4.79 Å². The molecule has 3 amide bonds. The standard InChI is InChI=1S/C18H20N2O5S2/c1-25-12-4-2-11(3-5-12)8-15-17(23)20(18(24)27-15)7-6-16(22)19-13-9-26-10-14(13)21/h2-5,8,13-14,21H,6-7,9-10H2,1H3,(H,19,22)/b15-8+/t13-,14-/m1/s1. The average Bonchev–Trinajstić information content (AvgIpc) is 3.17. The first-order valence-corrected chi connectivity index (χ1v) is 10.4. The molecule has 0 aliphatic carbocycles. The van der Waals surface area contributed by atoms with Crippen LogP contribution in [0.5, 0.6) is 5.75 Å². The maximum Gasteiger partial charge on any atom is 0.293 e. The number of nitrogens with zero attached hydrogens (tertiary/aromatic N) is 1. The van der Waals surface area contributed by atoms with Gasteiger partial charge in [-0.05, 0) is 35.5 Å². The van der Waals surface area contributed by atoms with Crippen LogP contribution in [0, 0.1) is 0 Å². The summed E-state index contributed by atoms with van der Waals surface area (Å²) in [6.45, 7) is 0.0202. The molecule has 9 heteroatoms. The van der Waals surface area contributed by atoms with E-state index in [1.54, 1.807) is 49.2 Å². The largest absolute Gasteiger partial charge is 0.497 e. The van der Waals surface area contributed by atoms with Crippen molar-refractivity contribution in [2.45, 2.75) is 18.6 Å². The number of hydrogen-bond donors (Lipinski definition) is 2. The van der Waals surface area contributed by atoms with Gasteiger partial charge in [0.15, 0.2) is 0 Å². The zero-order valence-electron chi connectivity index (χ0n) is 14.7. The van der Waals surface area contributed by atoms with Crippen LogP contribution in [0.25, 0.3) is 6.08 Å². The third kappa shape index (κ3) is 4.85. The van der Waals surface area contributed by atoms with E-state index in [-0.39, 0.29) is 30.2 Å². The van der Waals surface area contributed by atoms with Gasteiger partial charge in [-0.3, -0.25) is 19.3 Å². The summed E-state index contributed by atoms with van der Waals surface area (Å²) >= 11 is 2.44. The van der Waals surface area contributed by atoms with Crippen molar-refractivity contribution in [3.8, 4) is 5.75 Å². The van der Waals surface area contributed by atoms with E-state index in [1.165, 1.54) is 0 Å². The lowest BCUT2D eigenvalue weighted by molar-refractivity contribution is -0.124. The molecule has 0 radical (unpaired) electrons. The summed E-state index contributed by atoms with van der Waals surface area (Å²) in [5, 5.41) is 12.1. The van der Waals surface area contributed by atoms with Crippen molar-refractivity contribution in [3.63, 3.8) is 0 Å². The summed E-state index contributed by atoms with van der Waals surface area (Å²) in [6, 6.07) is 6.87. The first-order valence-electron chi connectivity index (χ1n) is 8.42. The van der Waals surface area contributed by atoms with E-state index in [4.69, 9.17) is 4.74 Å². The summed E-state index contributed by atoms with van der Waals surface area (Å²) in [6.07, 6.45) is 1.11. The van der Waals surface area contributed by atoms with Gasteiger partial charge in [0.05, 0.1) is 24.2 Å². The smallest absolute Gasteiger partial charge is 0.293 e. The van der Waals surface area contributed by atoms with E-state index in [2.05, 4.69) is 5.32 Å². The first kappa shape index (κ1) is 19.8. The van der Waals surface area contributed by atoms with Crippen molar-refractivity contribution in [2.75, 3.05) is 25.2 Å². The Hall–Kier alpha value is -1.97. The SMILES string of the molecule is COc1ccc(/C=C2/SC(=O)N(CCC(=O)N[C@@H]3CSC[C@H]3O)C2=O)cc1. The number of methoxy groups -OCH3 is 1. The minimum atomic E-state index is -0.552. The lowest BCUT2D eigenvalue weighted by Crippen LogP contribution is -2.43. The number of benzene rings is 1. The van der Waals surface area contributed by atoms with Gasteiger partial charge in [-0.15, -0.1) is 0 Å². The molecular formula is C18H20N2O5S2. The molecule has 0 saturated carbocycles. The van der Waals surface area contributed by atoms with Gasteiger partial charge in [0, 0.05) is 24.5 Å². The van der Waals surface area contributed by atoms with Crippen LogP contribution in [0.2, 0.25) is 0 Å². The number of hydrogen-bond acceptors (Lipinski definition) is 7. The lowest BCUT2D eigenvalue weighted by Gasteiger charge is -2.17. The highest BCUT2D eigenvalue weighted by atomic mass is 32.2. The molecule has 27 heavy (non-hydrogen) atoms. The van der Waals surface area contributed by atoms with E-state index in [0.29, 0.717) is 22.2 Å². The monoisotopic (exact) mass is 408 g/mol. The molecule has 2 heterocycles. The molecule has 0 spiro atoms. The maximum absolute atomic E-state index is 12.5. The molecule has 7 nitrogen and oxygen atoms in total. The summed E-state index contributed by atoms with van der Waals surface area (Å²) < 4.78 is 5.09. The Bertz CT molecular complexity index is 766. The highest BCUT2D eigenvalue weighted by Gasteiger charge is 2.35. The predicted molar refractivity (Wildman–Crippen MR) is 106 cm³/mol. The van der Waals surface area contributed by atoms with Crippen molar-refractivity contribution in [2.24, 2.45) is 0 Å². The number of rotatable bonds is 6. The Morgan fingerprint density at radius 1 is 1.33 bits per heavy atom. The van der Waals surface area contributed by atoms with Crippen molar-refractivity contribution >= 4 is 46.7 Å². The molecular weight excluding hydrogens is 388 g/mol. The van der Waals surface area contributed by atoms with Gasteiger partial charge >= 0.3 is 0 Å². The number of nitrogens with one attached hydrogen (secondary N) is 1. The van der Waals surface area contributed by atoms with Crippen LogP contribution in [0.15, 0.2) is 29.2 Å². The summed E-state index contributed by atoms with van der Waals surface area (Å²) in [4.78, 5) is 38.0. The molecule has 1 aromatic rings. The Labute approximate surface area is 165 Å². The Morgan fingerprint density at radius 2 is 2.07 bits per heavy atom. The quantitative estimate of drug-likeness (QED) is 0.692. The number of carbonyl (C=O) groups is 3. The average molecular weight is 409 g/mol. The molecule has 144 valence electrons. The second-order valence-electron chi connectivity index (χ2n) is 6.14. The normalized spacial score (nSPS) is 23.9. The van der Waals surface area contributed by atoms with Gasteiger partial charge in [-0.2, -0.15) is 11.8 Å². The molecule has 2 N–H and O–H groups in total. The first-order chi connectivity index (χ1) is 13.0. The summed E-state index contributed by atoms with van der Waals surface area (Å²) in [7, 11) is 1.57. The predicted octanol–water partition coefficient (Wildman–Crippen LogP) is 1.71. The second-order valence-corrected chi connectivity index (χ2v) is 8.20. The van der Waals surface area contributed by atoms with Crippen LogP contribution in [0.1, 0.15) is 12.0 Å². The van der Waals surface area contributed by atoms with Crippen LogP contribution in [-0.4, -0.2) is 64.4 Å². The number of carbonyl (C=O) groups excluding carboxylic acids is 3. The lowest BCUT2D eigenvalue weighted by atomic mass is 10.2. The van der Waals surface area contributed by atoms with Crippen molar-refractivity contribution in [1.82, 2.24) is 10.2 Å². The van der Waals surface area contributed by atoms with Gasteiger partial charge in [-0.25, -0.2) is 0 Å². The molecule has 2 fully saturated rings. The van der Waals surface area contributed by atoms with E-state index < -0.39 is 12.0 Å². The van der Waals surface area contributed by atoms with Crippen LogP contribution >= 0.6 is 23.5 Å². The summed E-state index contributed by atoms with van der Waals surface area (Å²) in [5.41, 5.74) is 0.784. The zero-order valence-corrected chi connectivity index (χ0v) is 16.3. The van der Waals surface area contributed by atoms with Crippen molar-refractivity contribution in [1.29, 1.82) is 0 Å². The Kier molecular flexibility index (Phi) is 6.46. The minimum Gasteiger partial charge on any atom is -0.497 e. The number of imide groups is 1. The molecule has 3 rings (SSSR count). The molecule has 2 aliphatic heterocycles. The van der Waals surface area contributed by atoms with E-state index >= 15 is 0 Å². The molecule has 2 atom stereocenters. The second kappa shape index (κ2) is 8.81. The third-order valence-corrected chi connectivity index (χ3v) is 6.33. The Balaban J connectivity index is 1.57. The zero-order chi connectivity index (χ0) is 19.4. The molecule has 2 saturated heterocycles. The van der Waals surface area contributed by atoms with E-state index in [9.17, 15) is 19.5 Å². The van der Waals surface area contributed by atoms with Crippen molar-refractivity contribution in [3.05, 3.63) is 34.7 Å². The Morgan fingerprint density at radius 3 is 2.70 bits per heavy atom. The van der Waals surface area contributed by atoms with Gasteiger partial charge in [-0.1, -0.05) is 12.1 Å². The van der Waals surface area contributed by atoms with Crippen LogP contribution in [-0.2, 0) is 9.59 Å². The number of thioether (sulfide) groups is 2. The molecule has 0 bridgehead atoms. The van der Waals surface area contributed by atoms with E-state index in [0.717, 1.165) is 22.2 Å². The van der Waals surface area contributed by atoms with Crippen molar-refractivity contribution < 1.29 is 24.2 Å². The summed E-state index contributed by atoms with van der Waals surface area (Å²) in [5.74, 6) is 1.30. The molecule has 0 aromatic heterocycles. The van der Waals surface area contributed by atoms with Gasteiger partial charge in [0.2, 0.25) is 5.91 Å². The molecule has 0 unspecified atom stereocenters. The molecule has 2 aliphatic rings. The van der Waals surface area contributed by atoms with Crippen LogP contribution < -0.4 is 10.1 Å². The number of aliphatic hydroxyl groups is 1. The fraction of sp³-hybridized carbons (Fsp3) is 0.389. The highest BCUT2D eigenvalue weighted by Crippen LogP contribution is 2.32. The maximum atomic E-state index is 12.5. The van der Waals surface area contributed by atoms with E-state index in [1.807, 2.05) is 0 Å². The highest BCUT2D eigenvalue weighted by molar-refractivity contribution is 8.18.